The first-order chi connectivity index (χ1) is 9.84. The quantitative estimate of drug-likeness (QED) is 0.754. The van der Waals surface area contributed by atoms with Gasteiger partial charge in [0, 0.05) is 38.4 Å². The van der Waals surface area contributed by atoms with Gasteiger partial charge >= 0.3 is 5.91 Å². The molecule has 0 atom stereocenters. The van der Waals surface area contributed by atoms with Crippen molar-refractivity contribution in [1.29, 1.82) is 0 Å². The SMILES string of the molecule is O=C(C#CCN1CCNCC1)N1CCc2ccccc21. The highest BCUT2D eigenvalue weighted by atomic mass is 16.2. The number of rotatable bonds is 1. The van der Waals surface area contributed by atoms with Crippen LogP contribution in [-0.4, -0.2) is 50.1 Å². The van der Waals surface area contributed by atoms with E-state index in [4.69, 9.17) is 0 Å². The molecule has 1 aromatic rings. The number of anilines is 1. The zero-order valence-corrected chi connectivity index (χ0v) is 11.6. The Morgan fingerprint density at radius 2 is 2.00 bits per heavy atom. The number of carbonyl (C=O) groups excluding carboxylic acids is 1. The van der Waals surface area contributed by atoms with Crippen LogP contribution in [0.1, 0.15) is 5.56 Å². The summed E-state index contributed by atoms with van der Waals surface area (Å²) in [4.78, 5) is 16.2. The van der Waals surface area contributed by atoms with Crippen molar-refractivity contribution < 1.29 is 4.79 Å². The van der Waals surface area contributed by atoms with Gasteiger partial charge in [-0.2, -0.15) is 0 Å². The fraction of sp³-hybridized carbons (Fsp3) is 0.438. The van der Waals surface area contributed by atoms with Crippen LogP contribution in [0, 0.1) is 11.8 Å². The monoisotopic (exact) mass is 269 g/mol. The van der Waals surface area contributed by atoms with Gasteiger partial charge in [0.05, 0.1) is 6.54 Å². The van der Waals surface area contributed by atoms with E-state index in [-0.39, 0.29) is 5.91 Å². The fourth-order valence-corrected chi connectivity index (χ4v) is 2.71. The lowest BCUT2D eigenvalue weighted by Crippen LogP contribution is -2.43. The summed E-state index contributed by atoms with van der Waals surface area (Å²) in [6, 6.07) is 8.07. The number of amides is 1. The second-order valence-corrected chi connectivity index (χ2v) is 5.16. The number of piperazine rings is 1. The van der Waals surface area contributed by atoms with E-state index in [1.807, 2.05) is 18.2 Å². The van der Waals surface area contributed by atoms with Gasteiger partial charge in [-0.1, -0.05) is 24.1 Å². The average molecular weight is 269 g/mol. The Bertz CT molecular complexity index is 552. The molecule has 1 fully saturated rings. The highest BCUT2D eigenvalue weighted by Crippen LogP contribution is 2.27. The molecule has 4 heteroatoms. The van der Waals surface area contributed by atoms with Crippen LogP contribution in [0.15, 0.2) is 24.3 Å². The topological polar surface area (TPSA) is 35.6 Å². The van der Waals surface area contributed by atoms with Crippen LogP contribution >= 0.6 is 0 Å². The smallest absolute Gasteiger partial charge is 0.302 e. The van der Waals surface area contributed by atoms with Crippen molar-refractivity contribution in [2.75, 3.05) is 44.2 Å². The molecule has 2 aliphatic rings. The third-order valence-electron chi connectivity index (χ3n) is 3.84. The number of hydrogen-bond acceptors (Lipinski definition) is 3. The molecule has 0 spiro atoms. The number of nitrogens with one attached hydrogen (secondary N) is 1. The molecule has 0 aliphatic carbocycles. The first-order valence-electron chi connectivity index (χ1n) is 7.16. The summed E-state index contributed by atoms with van der Waals surface area (Å²) in [5.41, 5.74) is 2.26. The molecule has 0 saturated carbocycles. The zero-order valence-electron chi connectivity index (χ0n) is 11.6. The first-order valence-corrected chi connectivity index (χ1v) is 7.16. The lowest BCUT2D eigenvalue weighted by Gasteiger charge is -2.24. The molecule has 4 nitrogen and oxygen atoms in total. The number of fused-ring (bicyclic) bond motifs is 1. The Morgan fingerprint density at radius 1 is 1.20 bits per heavy atom. The molecule has 0 radical (unpaired) electrons. The highest BCUT2D eigenvalue weighted by Gasteiger charge is 2.22. The first kappa shape index (κ1) is 13.2. The van der Waals surface area contributed by atoms with E-state index >= 15 is 0 Å². The van der Waals surface area contributed by atoms with Gasteiger partial charge in [0.15, 0.2) is 0 Å². The standard InChI is InChI=1S/C16H19N3O/c20-16(6-3-10-18-12-8-17-9-13-18)19-11-7-14-4-1-2-5-15(14)19/h1-2,4-5,17H,7-13H2. The van der Waals surface area contributed by atoms with Gasteiger partial charge in [-0.3, -0.25) is 9.69 Å². The van der Waals surface area contributed by atoms with Crippen molar-refractivity contribution in [2.24, 2.45) is 0 Å². The van der Waals surface area contributed by atoms with Crippen LogP contribution in [0.5, 0.6) is 0 Å². The maximum Gasteiger partial charge on any atom is 0.302 e. The minimum atomic E-state index is -0.0786. The maximum absolute atomic E-state index is 12.2. The molecule has 0 unspecified atom stereocenters. The lowest BCUT2D eigenvalue weighted by molar-refractivity contribution is -0.113. The molecule has 104 valence electrons. The third kappa shape index (κ3) is 2.84. The molecule has 0 aromatic heterocycles. The summed E-state index contributed by atoms with van der Waals surface area (Å²) in [6.45, 7) is 5.47. The van der Waals surface area contributed by atoms with Gasteiger partial charge in [-0.15, -0.1) is 0 Å². The van der Waals surface area contributed by atoms with Crippen LogP contribution < -0.4 is 10.2 Å². The number of nitrogens with zero attached hydrogens (tertiary/aromatic N) is 2. The Kier molecular flexibility index (Phi) is 4.00. The normalized spacial score (nSPS) is 18.3. The van der Waals surface area contributed by atoms with Gasteiger partial charge < -0.3 is 10.2 Å². The molecule has 1 N–H and O–H groups in total. The van der Waals surface area contributed by atoms with Crippen molar-refractivity contribution in [2.45, 2.75) is 6.42 Å². The van der Waals surface area contributed by atoms with Gasteiger partial charge in [-0.25, -0.2) is 0 Å². The third-order valence-corrected chi connectivity index (χ3v) is 3.84. The Hall–Kier alpha value is -1.83. The molecule has 3 rings (SSSR count). The zero-order chi connectivity index (χ0) is 13.8. The van der Waals surface area contributed by atoms with E-state index in [0.29, 0.717) is 6.54 Å². The summed E-state index contributed by atoms with van der Waals surface area (Å²) in [5, 5.41) is 3.30. The summed E-state index contributed by atoms with van der Waals surface area (Å²) in [6.07, 6.45) is 0.932. The van der Waals surface area contributed by atoms with Crippen LogP contribution in [0.3, 0.4) is 0 Å². The molecule has 20 heavy (non-hydrogen) atoms. The summed E-state index contributed by atoms with van der Waals surface area (Å²) >= 11 is 0. The van der Waals surface area contributed by atoms with E-state index in [1.54, 1.807) is 4.90 Å². The van der Waals surface area contributed by atoms with Gasteiger partial charge in [0.25, 0.3) is 0 Å². The minimum absolute atomic E-state index is 0.0786. The van der Waals surface area contributed by atoms with Crippen LogP contribution in [-0.2, 0) is 11.2 Å². The average Bonchev–Trinajstić information content (AvgIpc) is 2.92. The van der Waals surface area contributed by atoms with E-state index < -0.39 is 0 Å². The van der Waals surface area contributed by atoms with Gasteiger partial charge in [0.2, 0.25) is 0 Å². The number of carbonyl (C=O) groups is 1. The number of para-hydroxylation sites is 1. The summed E-state index contributed by atoms with van der Waals surface area (Å²) in [7, 11) is 0. The molecule has 2 aliphatic heterocycles. The van der Waals surface area contributed by atoms with Crippen LogP contribution in [0.4, 0.5) is 5.69 Å². The van der Waals surface area contributed by atoms with Crippen molar-refractivity contribution in [3.8, 4) is 11.8 Å². The Morgan fingerprint density at radius 3 is 2.85 bits per heavy atom. The second kappa shape index (κ2) is 6.08. The van der Waals surface area contributed by atoms with Crippen molar-refractivity contribution in [1.82, 2.24) is 10.2 Å². The fourth-order valence-electron chi connectivity index (χ4n) is 2.71. The molecule has 0 bridgehead atoms. The lowest BCUT2D eigenvalue weighted by atomic mass is 10.2. The van der Waals surface area contributed by atoms with Crippen LogP contribution in [0.2, 0.25) is 0 Å². The minimum Gasteiger partial charge on any atom is -0.314 e. The predicted octanol–water partition coefficient (Wildman–Crippen LogP) is 0.484. The maximum atomic E-state index is 12.2. The van der Waals surface area contributed by atoms with Gasteiger partial charge in [-0.05, 0) is 24.0 Å². The van der Waals surface area contributed by atoms with E-state index in [9.17, 15) is 4.79 Å². The Labute approximate surface area is 119 Å². The molecule has 1 amide bonds. The molecule has 2 heterocycles. The van der Waals surface area contributed by atoms with Crippen molar-refractivity contribution in [3.05, 3.63) is 29.8 Å². The molecular weight excluding hydrogens is 250 g/mol. The second-order valence-electron chi connectivity index (χ2n) is 5.16. The van der Waals surface area contributed by atoms with Crippen molar-refractivity contribution in [3.63, 3.8) is 0 Å². The molecular formula is C16H19N3O. The Balaban J connectivity index is 1.60. The largest absolute Gasteiger partial charge is 0.314 e. The summed E-state index contributed by atoms with van der Waals surface area (Å²) in [5.74, 6) is 5.73. The van der Waals surface area contributed by atoms with E-state index in [1.165, 1.54) is 5.56 Å². The number of hydrogen-bond donors (Lipinski definition) is 1. The molecule has 1 aromatic carbocycles. The van der Waals surface area contributed by atoms with Crippen LogP contribution in [0.25, 0.3) is 0 Å². The van der Waals surface area contributed by atoms with Gasteiger partial charge in [0.1, 0.15) is 0 Å². The van der Waals surface area contributed by atoms with E-state index in [0.717, 1.165) is 44.8 Å². The van der Waals surface area contributed by atoms with Crippen molar-refractivity contribution >= 4 is 11.6 Å². The molecule has 1 saturated heterocycles. The number of benzene rings is 1. The predicted molar refractivity (Wildman–Crippen MR) is 79.6 cm³/mol. The van der Waals surface area contributed by atoms with E-state index in [2.05, 4.69) is 28.1 Å². The summed E-state index contributed by atoms with van der Waals surface area (Å²) < 4.78 is 0. The highest BCUT2D eigenvalue weighted by molar-refractivity contribution is 6.07.